The molecule has 0 heterocycles. The number of hydrogen-bond acceptors (Lipinski definition) is 1. The summed E-state index contributed by atoms with van der Waals surface area (Å²) in [6.07, 6.45) is 8.67. The van der Waals surface area contributed by atoms with E-state index in [1.54, 1.807) is 4.90 Å². The molecule has 1 aliphatic carbocycles. The van der Waals surface area contributed by atoms with Gasteiger partial charge in [-0.25, -0.2) is 0 Å². The number of alkyl halides is 1. The van der Waals surface area contributed by atoms with Crippen LogP contribution in [0.5, 0.6) is 0 Å². The van der Waals surface area contributed by atoms with E-state index in [1.807, 2.05) is 0 Å². The van der Waals surface area contributed by atoms with Crippen molar-refractivity contribution in [2.75, 3.05) is 12.4 Å². The lowest BCUT2D eigenvalue weighted by atomic mass is 9.88. The third kappa shape index (κ3) is 2.80. The van der Waals surface area contributed by atoms with Gasteiger partial charge in [-0.2, -0.15) is 0 Å². The van der Waals surface area contributed by atoms with Gasteiger partial charge in [0.1, 0.15) is 5.88 Å². The summed E-state index contributed by atoms with van der Waals surface area (Å²) in [5, 5.41) is 0. The Kier molecular flexibility index (Phi) is 4.89. The van der Waals surface area contributed by atoms with Gasteiger partial charge in [-0.15, -0.1) is 18.0 Å². The van der Waals surface area contributed by atoms with Crippen molar-refractivity contribution in [3.63, 3.8) is 0 Å². The summed E-state index contributed by atoms with van der Waals surface area (Å²) in [6.45, 7) is 4.54. The van der Waals surface area contributed by atoms with Crippen LogP contribution >= 0.6 is 11.6 Å². The highest BCUT2D eigenvalue weighted by Crippen LogP contribution is 2.32. The molecule has 0 aromatic carbocycles. The number of terminal acetylenes is 1. The van der Waals surface area contributed by atoms with Crippen molar-refractivity contribution in [1.29, 1.82) is 0 Å². The maximum atomic E-state index is 11.8. The summed E-state index contributed by atoms with van der Waals surface area (Å²) < 4.78 is 0. The Labute approximate surface area is 103 Å². The largest absolute Gasteiger partial charge is 0.303 e. The van der Waals surface area contributed by atoms with E-state index >= 15 is 0 Å². The molecule has 0 saturated heterocycles. The minimum atomic E-state index is -0.0947. The van der Waals surface area contributed by atoms with Crippen LogP contribution < -0.4 is 0 Å². The van der Waals surface area contributed by atoms with Crippen LogP contribution in [-0.4, -0.2) is 23.2 Å². The fourth-order valence-electron chi connectivity index (χ4n) is 2.33. The van der Waals surface area contributed by atoms with E-state index < -0.39 is 0 Å². The Morgan fingerprint density at radius 3 is 2.88 bits per heavy atom. The topological polar surface area (TPSA) is 20.3 Å². The Morgan fingerprint density at radius 1 is 1.69 bits per heavy atom. The van der Waals surface area contributed by atoms with Crippen molar-refractivity contribution in [3.05, 3.63) is 11.3 Å². The molecular formula is C13H18ClNO. The van der Waals surface area contributed by atoms with Crippen molar-refractivity contribution in [1.82, 2.24) is 4.90 Å². The molecular weight excluding hydrogens is 222 g/mol. The number of halogens is 1. The van der Waals surface area contributed by atoms with Gasteiger partial charge < -0.3 is 4.90 Å². The first-order valence-corrected chi connectivity index (χ1v) is 6.14. The van der Waals surface area contributed by atoms with Crippen molar-refractivity contribution < 1.29 is 4.79 Å². The van der Waals surface area contributed by atoms with Crippen LogP contribution in [0.4, 0.5) is 0 Å². The van der Waals surface area contributed by atoms with E-state index in [9.17, 15) is 4.79 Å². The molecule has 1 aliphatic rings. The Morgan fingerprint density at radius 2 is 2.38 bits per heavy atom. The Hall–Kier alpha value is -0.940. The van der Waals surface area contributed by atoms with Crippen molar-refractivity contribution in [2.24, 2.45) is 5.92 Å². The monoisotopic (exact) mass is 239 g/mol. The average Bonchev–Trinajstić information content (AvgIpc) is 2.26. The molecule has 0 N–H and O–H groups in total. The van der Waals surface area contributed by atoms with E-state index in [-0.39, 0.29) is 11.8 Å². The second-order valence-corrected chi connectivity index (χ2v) is 4.54. The summed E-state index contributed by atoms with van der Waals surface area (Å²) in [4.78, 5) is 13.4. The molecule has 16 heavy (non-hydrogen) atoms. The summed E-state index contributed by atoms with van der Waals surface area (Å²) in [5.41, 5.74) is 2.36. The highest BCUT2D eigenvalue weighted by atomic mass is 35.5. The summed E-state index contributed by atoms with van der Waals surface area (Å²) >= 11 is 5.61. The van der Waals surface area contributed by atoms with Gasteiger partial charge in [0.2, 0.25) is 5.91 Å². The summed E-state index contributed by atoms with van der Waals surface area (Å²) in [7, 11) is 0. The molecule has 1 amide bonds. The highest BCUT2D eigenvalue weighted by Gasteiger charge is 2.25. The van der Waals surface area contributed by atoms with E-state index in [0.717, 1.165) is 18.5 Å². The quantitative estimate of drug-likeness (QED) is 0.548. The van der Waals surface area contributed by atoms with Gasteiger partial charge in [0, 0.05) is 5.70 Å². The van der Waals surface area contributed by atoms with Crippen LogP contribution in [-0.2, 0) is 4.79 Å². The first kappa shape index (κ1) is 13.1. The second-order valence-electron chi connectivity index (χ2n) is 4.28. The molecule has 0 spiro atoms. The van der Waals surface area contributed by atoms with E-state index in [2.05, 4.69) is 19.8 Å². The van der Waals surface area contributed by atoms with Crippen molar-refractivity contribution >= 4 is 17.5 Å². The molecule has 0 radical (unpaired) electrons. The normalized spacial score (nSPS) is 20.5. The maximum absolute atomic E-state index is 11.8. The predicted octanol–water partition coefficient (Wildman–Crippen LogP) is 2.78. The lowest BCUT2D eigenvalue weighted by Gasteiger charge is -2.32. The second kappa shape index (κ2) is 5.96. The average molecular weight is 240 g/mol. The number of carbonyl (C=O) groups excluding carboxylic acids is 1. The Balaban J connectivity index is 3.01. The van der Waals surface area contributed by atoms with Crippen LogP contribution in [0.2, 0.25) is 0 Å². The van der Waals surface area contributed by atoms with Crippen LogP contribution in [0.1, 0.15) is 33.1 Å². The van der Waals surface area contributed by atoms with Gasteiger partial charge in [-0.3, -0.25) is 4.79 Å². The van der Waals surface area contributed by atoms with Gasteiger partial charge >= 0.3 is 0 Å². The number of allylic oxidation sites excluding steroid dienone is 2. The third-order valence-corrected chi connectivity index (χ3v) is 3.28. The third-order valence-electron chi connectivity index (χ3n) is 3.05. The van der Waals surface area contributed by atoms with Gasteiger partial charge in [0.25, 0.3) is 0 Å². The first-order chi connectivity index (χ1) is 7.61. The fourth-order valence-corrected chi connectivity index (χ4v) is 2.47. The maximum Gasteiger partial charge on any atom is 0.242 e. The van der Waals surface area contributed by atoms with Crippen LogP contribution in [0.15, 0.2) is 11.3 Å². The van der Waals surface area contributed by atoms with Crippen LogP contribution in [0, 0.1) is 18.3 Å². The molecule has 2 nitrogen and oxygen atoms in total. The van der Waals surface area contributed by atoms with Gasteiger partial charge in [-0.1, -0.05) is 18.4 Å². The highest BCUT2D eigenvalue weighted by molar-refractivity contribution is 6.27. The number of rotatable bonds is 3. The predicted molar refractivity (Wildman–Crippen MR) is 67.0 cm³/mol. The van der Waals surface area contributed by atoms with E-state index in [0.29, 0.717) is 12.5 Å². The number of hydrogen-bond donors (Lipinski definition) is 0. The minimum Gasteiger partial charge on any atom is -0.303 e. The fraction of sp³-hybridized carbons (Fsp3) is 0.615. The summed E-state index contributed by atoms with van der Waals surface area (Å²) in [6, 6.07) is 0. The lowest BCUT2D eigenvalue weighted by Crippen LogP contribution is -2.36. The molecule has 0 aromatic rings. The van der Waals surface area contributed by atoms with Gasteiger partial charge in [0.15, 0.2) is 0 Å². The lowest BCUT2D eigenvalue weighted by molar-refractivity contribution is -0.126. The molecule has 0 bridgehead atoms. The first-order valence-electron chi connectivity index (χ1n) is 5.61. The Bertz CT molecular complexity index is 340. The van der Waals surface area contributed by atoms with E-state index in [1.165, 1.54) is 12.0 Å². The smallest absolute Gasteiger partial charge is 0.242 e. The number of nitrogens with zero attached hydrogens (tertiary/aromatic N) is 1. The SMILES string of the molecule is C#CCN(C(=O)CCl)C1=C(C)CCCC1C. The van der Waals surface area contributed by atoms with Gasteiger partial charge in [0.05, 0.1) is 6.54 Å². The summed E-state index contributed by atoms with van der Waals surface area (Å²) in [5.74, 6) is 2.83. The standard InChI is InChI=1S/C13H18ClNO/c1-4-8-15(12(16)9-14)13-10(2)6-5-7-11(13)3/h1,10H,5-9H2,2-3H3. The van der Waals surface area contributed by atoms with E-state index in [4.69, 9.17) is 18.0 Å². The molecule has 0 aromatic heterocycles. The molecule has 0 saturated carbocycles. The molecule has 3 heteroatoms. The molecule has 1 rings (SSSR count). The van der Waals surface area contributed by atoms with Crippen molar-refractivity contribution in [2.45, 2.75) is 33.1 Å². The molecule has 1 atom stereocenters. The zero-order chi connectivity index (χ0) is 12.1. The molecule has 88 valence electrons. The molecule has 0 aliphatic heterocycles. The molecule has 1 unspecified atom stereocenters. The number of carbonyl (C=O) groups is 1. The molecule has 0 fully saturated rings. The van der Waals surface area contributed by atoms with Crippen LogP contribution in [0.25, 0.3) is 0 Å². The van der Waals surface area contributed by atoms with Crippen molar-refractivity contribution in [3.8, 4) is 12.3 Å². The number of amides is 1. The minimum absolute atomic E-state index is 0.00875. The zero-order valence-corrected chi connectivity index (χ0v) is 10.7. The zero-order valence-electron chi connectivity index (χ0n) is 9.92. The van der Waals surface area contributed by atoms with Crippen LogP contribution in [0.3, 0.4) is 0 Å². The van der Waals surface area contributed by atoms with Gasteiger partial charge in [-0.05, 0) is 32.1 Å².